The molecule has 158 valence electrons. The van der Waals surface area contributed by atoms with Crippen LogP contribution in [-0.4, -0.2) is 33.2 Å². The van der Waals surface area contributed by atoms with Gasteiger partial charge in [0, 0.05) is 11.7 Å². The van der Waals surface area contributed by atoms with Crippen LogP contribution in [0.5, 0.6) is 0 Å². The molecule has 3 rings (SSSR count). The molecule has 0 fully saturated rings. The van der Waals surface area contributed by atoms with Gasteiger partial charge in [0.1, 0.15) is 0 Å². The predicted octanol–water partition coefficient (Wildman–Crippen LogP) is 4.17. The Balaban J connectivity index is 1.75. The second-order valence-corrected chi connectivity index (χ2v) is 7.95. The first-order chi connectivity index (χ1) is 14.3. The minimum Gasteiger partial charge on any atom is -0.452 e. The summed E-state index contributed by atoms with van der Waals surface area (Å²) in [6, 6.07) is 11.3. The monoisotopic (exact) mass is 408 g/mol. The molecular formula is C23H28N4O3. The van der Waals surface area contributed by atoms with Gasteiger partial charge in [-0.15, -0.1) is 0 Å². The van der Waals surface area contributed by atoms with Crippen molar-refractivity contribution in [3.8, 4) is 0 Å². The fourth-order valence-electron chi connectivity index (χ4n) is 3.20. The topological polar surface area (TPSA) is 86.1 Å². The van der Waals surface area contributed by atoms with Crippen LogP contribution in [0.4, 0.5) is 0 Å². The molecule has 0 bridgehead atoms. The number of nitrogens with one attached hydrogen (secondary N) is 1. The van der Waals surface area contributed by atoms with Gasteiger partial charge >= 0.3 is 5.97 Å². The number of hydrogen-bond acceptors (Lipinski definition) is 5. The van der Waals surface area contributed by atoms with Crippen molar-refractivity contribution in [3.63, 3.8) is 0 Å². The Morgan fingerprint density at radius 2 is 1.80 bits per heavy atom. The Morgan fingerprint density at radius 1 is 1.10 bits per heavy atom. The number of rotatable bonds is 7. The highest BCUT2D eigenvalue weighted by atomic mass is 16.5. The molecule has 1 atom stereocenters. The van der Waals surface area contributed by atoms with E-state index in [9.17, 15) is 9.59 Å². The van der Waals surface area contributed by atoms with Gasteiger partial charge in [-0.05, 0) is 38.3 Å². The molecule has 0 saturated heterocycles. The Hall–Kier alpha value is -3.22. The molecule has 7 heteroatoms. The molecule has 1 amide bonds. The maximum absolute atomic E-state index is 12.8. The number of ether oxygens (including phenoxy) is 1. The number of aromatic nitrogens is 3. The van der Waals surface area contributed by atoms with Crippen LogP contribution in [0.3, 0.4) is 0 Å². The van der Waals surface area contributed by atoms with E-state index < -0.39 is 5.97 Å². The zero-order valence-corrected chi connectivity index (χ0v) is 18.0. The number of nitrogens with zero attached hydrogens (tertiary/aromatic N) is 3. The number of fused-ring (bicyclic) bond motifs is 1. The lowest BCUT2D eigenvalue weighted by atomic mass is 10.1. The lowest BCUT2D eigenvalue weighted by molar-refractivity contribution is -0.124. The van der Waals surface area contributed by atoms with Crippen molar-refractivity contribution in [3.05, 3.63) is 59.4 Å². The third kappa shape index (κ3) is 4.67. The summed E-state index contributed by atoms with van der Waals surface area (Å²) in [4.78, 5) is 29.8. The summed E-state index contributed by atoms with van der Waals surface area (Å²) in [7, 11) is 0. The van der Waals surface area contributed by atoms with Crippen LogP contribution in [-0.2, 0) is 9.53 Å². The molecule has 1 aromatic carbocycles. The van der Waals surface area contributed by atoms with Crippen molar-refractivity contribution in [2.24, 2.45) is 0 Å². The molecule has 0 saturated carbocycles. The van der Waals surface area contributed by atoms with Crippen LogP contribution < -0.4 is 5.32 Å². The summed E-state index contributed by atoms with van der Waals surface area (Å²) in [6.07, 6.45) is 1.63. The van der Waals surface area contributed by atoms with Gasteiger partial charge in [-0.3, -0.25) is 4.79 Å². The highest BCUT2D eigenvalue weighted by molar-refractivity contribution is 6.03. The van der Waals surface area contributed by atoms with Crippen LogP contribution in [0.15, 0.2) is 42.6 Å². The van der Waals surface area contributed by atoms with E-state index in [1.807, 2.05) is 65.0 Å². The van der Waals surface area contributed by atoms with Gasteiger partial charge in [-0.1, -0.05) is 44.2 Å². The van der Waals surface area contributed by atoms with Gasteiger partial charge in [0.2, 0.25) is 0 Å². The quantitative estimate of drug-likeness (QED) is 0.593. The van der Waals surface area contributed by atoms with E-state index in [0.717, 1.165) is 11.3 Å². The fraction of sp³-hybridized carbons (Fsp3) is 0.391. The molecule has 1 N–H and O–H groups in total. The Kier molecular flexibility index (Phi) is 6.50. The normalized spacial score (nSPS) is 12.4. The van der Waals surface area contributed by atoms with Crippen molar-refractivity contribution in [2.75, 3.05) is 6.61 Å². The lowest BCUT2D eigenvalue weighted by Crippen LogP contribution is -2.31. The molecule has 30 heavy (non-hydrogen) atoms. The SMILES string of the molecule is CC(C)c1cc(C(=O)OCC(=O)N[C@H](C)c2ccccc2)c2cnn(C(C)C)c2n1. The van der Waals surface area contributed by atoms with Crippen LogP contribution >= 0.6 is 0 Å². The smallest absolute Gasteiger partial charge is 0.339 e. The summed E-state index contributed by atoms with van der Waals surface area (Å²) in [5.74, 6) is -0.784. The summed E-state index contributed by atoms with van der Waals surface area (Å²) in [6.45, 7) is 9.57. The van der Waals surface area contributed by atoms with Gasteiger partial charge in [0.25, 0.3) is 5.91 Å². The number of benzene rings is 1. The summed E-state index contributed by atoms with van der Waals surface area (Å²) >= 11 is 0. The highest BCUT2D eigenvalue weighted by Gasteiger charge is 2.21. The van der Waals surface area contributed by atoms with E-state index >= 15 is 0 Å². The highest BCUT2D eigenvalue weighted by Crippen LogP contribution is 2.25. The molecule has 0 aliphatic rings. The van der Waals surface area contributed by atoms with Gasteiger partial charge in [-0.2, -0.15) is 5.10 Å². The zero-order valence-electron chi connectivity index (χ0n) is 18.0. The average Bonchev–Trinajstić information content (AvgIpc) is 3.16. The maximum atomic E-state index is 12.8. The second kappa shape index (κ2) is 9.07. The minimum atomic E-state index is -0.560. The van der Waals surface area contributed by atoms with Crippen LogP contribution in [0.1, 0.15) is 74.2 Å². The maximum Gasteiger partial charge on any atom is 0.339 e. The van der Waals surface area contributed by atoms with Gasteiger partial charge in [0.05, 0.1) is 23.2 Å². The van der Waals surface area contributed by atoms with Crippen molar-refractivity contribution in [2.45, 2.75) is 52.6 Å². The van der Waals surface area contributed by atoms with Crippen molar-refractivity contribution in [1.29, 1.82) is 0 Å². The van der Waals surface area contributed by atoms with E-state index in [-0.39, 0.29) is 30.5 Å². The van der Waals surface area contributed by atoms with Crippen molar-refractivity contribution >= 4 is 22.9 Å². The number of carbonyl (C=O) groups excluding carboxylic acids is 2. The molecule has 0 aliphatic carbocycles. The number of pyridine rings is 1. The van der Waals surface area contributed by atoms with Crippen molar-refractivity contribution < 1.29 is 14.3 Å². The Bertz CT molecular complexity index is 1040. The van der Waals surface area contributed by atoms with E-state index in [2.05, 4.69) is 15.4 Å². The molecule has 3 aromatic rings. The molecule has 7 nitrogen and oxygen atoms in total. The zero-order chi connectivity index (χ0) is 21.8. The second-order valence-electron chi connectivity index (χ2n) is 7.95. The largest absolute Gasteiger partial charge is 0.452 e. The van der Waals surface area contributed by atoms with Gasteiger partial charge in [-0.25, -0.2) is 14.5 Å². The molecule has 0 unspecified atom stereocenters. The molecule has 2 heterocycles. The molecular weight excluding hydrogens is 380 g/mol. The number of carbonyl (C=O) groups is 2. The summed E-state index contributed by atoms with van der Waals surface area (Å²) < 4.78 is 7.11. The van der Waals surface area contributed by atoms with E-state index in [1.165, 1.54) is 0 Å². The lowest BCUT2D eigenvalue weighted by Gasteiger charge is -2.15. The summed E-state index contributed by atoms with van der Waals surface area (Å²) in [5, 5.41) is 7.84. The van der Waals surface area contributed by atoms with Gasteiger partial charge in [0.15, 0.2) is 12.3 Å². The number of esters is 1. The molecule has 0 spiro atoms. The third-order valence-electron chi connectivity index (χ3n) is 4.90. The fourth-order valence-corrected chi connectivity index (χ4v) is 3.20. The minimum absolute atomic E-state index is 0.103. The van der Waals surface area contributed by atoms with Gasteiger partial charge < -0.3 is 10.1 Å². The first-order valence-electron chi connectivity index (χ1n) is 10.2. The first-order valence-corrected chi connectivity index (χ1v) is 10.2. The molecule has 0 radical (unpaired) electrons. The molecule has 0 aliphatic heterocycles. The van der Waals surface area contributed by atoms with E-state index in [1.54, 1.807) is 16.9 Å². The Labute approximate surface area is 176 Å². The van der Waals surface area contributed by atoms with Crippen molar-refractivity contribution in [1.82, 2.24) is 20.1 Å². The Morgan fingerprint density at radius 3 is 2.43 bits per heavy atom. The average molecular weight is 409 g/mol. The summed E-state index contributed by atoms with van der Waals surface area (Å²) in [5.41, 5.74) is 2.78. The van der Waals surface area contributed by atoms with E-state index in [4.69, 9.17) is 4.74 Å². The molecule has 2 aromatic heterocycles. The standard InChI is InChI=1S/C23H28N4O3/c1-14(2)20-11-18(19-12-24-27(15(3)4)22(19)26-20)23(29)30-13-21(28)25-16(5)17-9-7-6-8-10-17/h6-12,14-16H,13H2,1-5H3,(H,25,28)/t16-/m1/s1. The third-order valence-corrected chi connectivity index (χ3v) is 4.90. The van der Waals surface area contributed by atoms with Crippen LogP contribution in [0, 0.1) is 0 Å². The number of hydrogen-bond donors (Lipinski definition) is 1. The van der Waals surface area contributed by atoms with E-state index in [0.29, 0.717) is 16.6 Å². The predicted molar refractivity (Wildman–Crippen MR) is 115 cm³/mol. The first kappa shape index (κ1) is 21.5. The van der Waals surface area contributed by atoms with Crippen LogP contribution in [0.2, 0.25) is 0 Å². The van der Waals surface area contributed by atoms with Crippen LogP contribution in [0.25, 0.3) is 11.0 Å². The number of amides is 1.